The summed E-state index contributed by atoms with van der Waals surface area (Å²) in [5.41, 5.74) is 1.07. The van der Waals surface area contributed by atoms with Gasteiger partial charge in [0.2, 0.25) is 0 Å². The molecule has 0 amide bonds. The summed E-state index contributed by atoms with van der Waals surface area (Å²) in [6.07, 6.45) is -0.129. The van der Waals surface area contributed by atoms with Gasteiger partial charge >= 0.3 is 58.4 Å². The van der Waals surface area contributed by atoms with E-state index in [2.05, 4.69) is 0 Å². The van der Waals surface area contributed by atoms with Crippen LogP contribution in [0.15, 0.2) is 30.3 Å². The maximum Gasteiger partial charge on any atom is 1.00 e. The van der Waals surface area contributed by atoms with Gasteiger partial charge in [0.05, 0.1) is 0 Å². The molecule has 0 aliphatic carbocycles. The first-order valence-electron chi connectivity index (χ1n) is 4.91. The summed E-state index contributed by atoms with van der Waals surface area (Å²) in [5.74, 6) is 0. The Balaban J connectivity index is 0.00000225. The Hall–Kier alpha value is 0.671. The van der Waals surface area contributed by atoms with Gasteiger partial charge < -0.3 is 17.8 Å². The van der Waals surface area contributed by atoms with Gasteiger partial charge in [-0.05, 0) is 32.0 Å². The third-order valence-electron chi connectivity index (χ3n) is 2.14. The Morgan fingerprint density at radius 1 is 1.12 bits per heavy atom. The molecule has 0 atom stereocenters. The van der Waals surface area contributed by atoms with Crippen molar-refractivity contribution in [3.63, 3.8) is 0 Å². The van der Waals surface area contributed by atoms with E-state index in [1.165, 1.54) is 11.9 Å². The Kier molecular flexibility index (Phi) is 8.23. The van der Waals surface area contributed by atoms with E-state index < -0.39 is 13.4 Å². The fraction of sp³-hybridized carbons (Fsp3) is 0.400. The number of rotatable bonds is 5. The van der Waals surface area contributed by atoms with Crippen molar-refractivity contribution in [1.82, 2.24) is 4.90 Å². The average molecular weight is 255 g/mol. The van der Waals surface area contributed by atoms with E-state index in [0.717, 1.165) is 5.56 Å². The van der Waals surface area contributed by atoms with Crippen LogP contribution >= 0.6 is 0 Å². The van der Waals surface area contributed by atoms with Crippen LogP contribution in [0.3, 0.4) is 0 Å². The molecule has 1 aromatic carbocycles. The summed E-state index contributed by atoms with van der Waals surface area (Å²) in [5, 5.41) is 0. The van der Waals surface area contributed by atoms with E-state index in [1.807, 2.05) is 30.3 Å². The first-order chi connectivity index (χ1) is 6.97. The van der Waals surface area contributed by atoms with Crippen molar-refractivity contribution in [3.05, 3.63) is 35.9 Å². The molecule has 16 heavy (non-hydrogen) atoms. The molecule has 0 saturated heterocycles. The third kappa shape index (κ3) is 7.87. The van der Waals surface area contributed by atoms with Crippen LogP contribution < -0.4 is 51.4 Å². The molecule has 0 unspecified atom stereocenters. The summed E-state index contributed by atoms with van der Waals surface area (Å²) >= 11 is 0. The minimum absolute atomic E-state index is 0. The second-order valence-corrected chi connectivity index (χ2v) is 3.71. The number of benzene rings is 1. The van der Waals surface area contributed by atoms with E-state index >= 15 is 0 Å². The molecule has 0 fully saturated rings. The predicted molar refractivity (Wildman–Crippen MR) is 56.7 cm³/mol. The van der Waals surface area contributed by atoms with Crippen molar-refractivity contribution < 1.29 is 64.3 Å². The Morgan fingerprint density at radius 3 is 2.19 bits per heavy atom. The molecule has 0 radical (unpaired) electrons. The van der Waals surface area contributed by atoms with E-state index in [-0.39, 0.29) is 51.4 Å². The number of halogens is 3. The van der Waals surface area contributed by atoms with Crippen molar-refractivity contribution in [2.24, 2.45) is 0 Å². The molecule has 84 valence electrons. The summed E-state index contributed by atoms with van der Waals surface area (Å²) in [4.78, 5) is 1.31. The zero-order valence-corrected chi connectivity index (χ0v) is 12.8. The molecule has 0 heterocycles. The van der Waals surface area contributed by atoms with Crippen LogP contribution in [0.5, 0.6) is 0 Å². The molecular formula is C10H14BF3KN. The molecule has 1 aromatic rings. The average Bonchev–Trinajstić information content (AvgIpc) is 2.14. The van der Waals surface area contributed by atoms with Gasteiger partial charge in [0, 0.05) is 0 Å². The number of hydrogen-bond donors (Lipinski definition) is 0. The number of hydrogen-bond acceptors (Lipinski definition) is 1. The predicted octanol–water partition coefficient (Wildman–Crippen LogP) is -0.448. The van der Waals surface area contributed by atoms with E-state index in [1.54, 1.807) is 0 Å². The molecule has 0 bridgehead atoms. The molecule has 0 spiro atoms. The molecule has 0 aliphatic heterocycles. The number of likely N-dealkylation sites (N-methyl/N-ethyl adjacent to an activating group) is 1. The van der Waals surface area contributed by atoms with Gasteiger partial charge in [0.15, 0.2) is 0 Å². The normalized spacial score (nSPS) is 11.3. The van der Waals surface area contributed by atoms with Gasteiger partial charge in [0.1, 0.15) is 0 Å². The van der Waals surface area contributed by atoms with Gasteiger partial charge in [-0.3, -0.25) is 0 Å². The third-order valence-corrected chi connectivity index (χ3v) is 2.14. The first kappa shape index (κ1) is 16.7. The molecule has 1 nitrogen and oxygen atoms in total. The SMILES string of the molecule is CN(CCc1ccccc1)C[B-](F)(F)F.[K+]. The van der Waals surface area contributed by atoms with Gasteiger partial charge in [-0.25, -0.2) is 0 Å². The van der Waals surface area contributed by atoms with Crippen LogP contribution in [-0.4, -0.2) is 31.9 Å². The second kappa shape index (κ2) is 7.89. The molecular weight excluding hydrogens is 241 g/mol. The summed E-state index contributed by atoms with van der Waals surface area (Å²) in [7, 11) is 1.50. The van der Waals surface area contributed by atoms with Crippen molar-refractivity contribution in [3.8, 4) is 0 Å². The Morgan fingerprint density at radius 2 is 1.69 bits per heavy atom. The van der Waals surface area contributed by atoms with Crippen LogP contribution in [0.25, 0.3) is 0 Å². The fourth-order valence-corrected chi connectivity index (χ4v) is 1.41. The van der Waals surface area contributed by atoms with Gasteiger partial charge in [0.25, 0.3) is 0 Å². The monoisotopic (exact) mass is 255 g/mol. The van der Waals surface area contributed by atoms with Crippen LogP contribution in [-0.2, 0) is 6.42 Å². The molecule has 1 rings (SSSR count). The quantitative estimate of drug-likeness (QED) is 0.644. The minimum atomic E-state index is -4.70. The Bertz CT molecular complexity index is 292. The minimum Gasteiger partial charge on any atom is -0.448 e. The molecule has 0 saturated carbocycles. The molecule has 0 aliphatic rings. The van der Waals surface area contributed by atoms with Crippen molar-refractivity contribution in [2.45, 2.75) is 6.42 Å². The maximum atomic E-state index is 12.1. The van der Waals surface area contributed by atoms with Crippen molar-refractivity contribution >= 4 is 6.98 Å². The molecule has 0 N–H and O–H groups in total. The standard InChI is InChI=1S/C10H14BF3N.K/c1-15(9-11(12,13)14)8-7-10-5-3-2-4-6-10;/h2-6H,7-9H2,1H3;/q-1;+1. The summed E-state index contributed by atoms with van der Waals surface area (Å²) in [6.45, 7) is -4.27. The van der Waals surface area contributed by atoms with Gasteiger partial charge in [-0.2, -0.15) is 0 Å². The van der Waals surface area contributed by atoms with E-state index in [0.29, 0.717) is 13.0 Å². The molecule has 6 heteroatoms. The van der Waals surface area contributed by atoms with E-state index in [9.17, 15) is 12.9 Å². The number of nitrogens with zero attached hydrogens (tertiary/aromatic N) is 1. The van der Waals surface area contributed by atoms with Crippen LogP contribution in [0.1, 0.15) is 5.56 Å². The molecule has 0 aromatic heterocycles. The van der Waals surface area contributed by atoms with Crippen molar-refractivity contribution in [2.75, 3.05) is 20.0 Å². The van der Waals surface area contributed by atoms with Crippen LogP contribution in [0.2, 0.25) is 0 Å². The maximum absolute atomic E-state index is 12.1. The van der Waals surface area contributed by atoms with Crippen LogP contribution in [0, 0.1) is 0 Å². The van der Waals surface area contributed by atoms with Crippen LogP contribution in [0.4, 0.5) is 12.9 Å². The fourth-order valence-electron chi connectivity index (χ4n) is 1.41. The summed E-state index contributed by atoms with van der Waals surface area (Å²) in [6, 6.07) is 9.53. The van der Waals surface area contributed by atoms with E-state index in [4.69, 9.17) is 0 Å². The van der Waals surface area contributed by atoms with Crippen molar-refractivity contribution in [1.29, 1.82) is 0 Å². The Labute approximate surface area is 137 Å². The second-order valence-electron chi connectivity index (χ2n) is 3.71. The topological polar surface area (TPSA) is 3.24 Å². The summed E-state index contributed by atoms with van der Waals surface area (Å²) < 4.78 is 36.2. The zero-order chi connectivity index (χ0) is 11.3. The first-order valence-corrected chi connectivity index (χ1v) is 4.91. The zero-order valence-electron chi connectivity index (χ0n) is 9.67. The van der Waals surface area contributed by atoms with Gasteiger partial charge in [-0.1, -0.05) is 30.3 Å². The van der Waals surface area contributed by atoms with Gasteiger partial charge in [-0.15, -0.1) is 0 Å². The largest absolute Gasteiger partial charge is 1.00 e. The smallest absolute Gasteiger partial charge is 0.448 e.